The molecule has 0 fully saturated rings. The van der Waals surface area contributed by atoms with Crippen LogP contribution < -0.4 is 0 Å². The molecule has 0 amide bonds. The summed E-state index contributed by atoms with van der Waals surface area (Å²) < 4.78 is 1.81. The predicted molar refractivity (Wildman–Crippen MR) is 67.8 cm³/mol. The van der Waals surface area contributed by atoms with Gasteiger partial charge < -0.3 is 5.11 Å². The maximum absolute atomic E-state index is 9.44. The van der Waals surface area contributed by atoms with Gasteiger partial charge >= 0.3 is 0 Å². The van der Waals surface area contributed by atoms with E-state index >= 15 is 0 Å². The van der Waals surface area contributed by atoms with E-state index in [0.29, 0.717) is 0 Å². The summed E-state index contributed by atoms with van der Waals surface area (Å²) in [6, 6.07) is 10.2. The molecule has 0 saturated carbocycles. The zero-order valence-electron chi connectivity index (χ0n) is 10.1. The first-order valence-electron chi connectivity index (χ1n) is 5.93. The number of aliphatic hydroxyl groups excluding tert-OH is 1. The highest BCUT2D eigenvalue weighted by atomic mass is 16.3. The molecular formula is C14H18N2O. The molecule has 90 valence electrons. The molecule has 1 unspecified atom stereocenters. The number of aryl methyl sites for hydroxylation is 2. The zero-order chi connectivity index (χ0) is 12.1. The van der Waals surface area contributed by atoms with Crippen molar-refractivity contribution < 1.29 is 5.11 Å². The van der Waals surface area contributed by atoms with E-state index in [1.54, 1.807) is 0 Å². The summed E-state index contributed by atoms with van der Waals surface area (Å²) in [7, 11) is 1.92. The van der Waals surface area contributed by atoms with Crippen LogP contribution in [0.15, 0.2) is 42.7 Å². The molecule has 0 aliphatic carbocycles. The lowest BCUT2D eigenvalue weighted by molar-refractivity contribution is 0.259. The van der Waals surface area contributed by atoms with E-state index in [2.05, 4.69) is 17.2 Å². The van der Waals surface area contributed by atoms with E-state index in [-0.39, 0.29) is 12.5 Å². The van der Waals surface area contributed by atoms with E-state index in [4.69, 9.17) is 0 Å². The highest BCUT2D eigenvalue weighted by Gasteiger charge is 2.10. The minimum atomic E-state index is 0.199. The third-order valence-electron chi connectivity index (χ3n) is 3.03. The van der Waals surface area contributed by atoms with Crippen LogP contribution in [0.4, 0.5) is 0 Å². The topological polar surface area (TPSA) is 38.0 Å². The van der Waals surface area contributed by atoms with Crippen LogP contribution in [0, 0.1) is 0 Å². The van der Waals surface area contributed by atoms with Gasteiger partial charge in [0.1, 0.15) is 0 Å². The Balaban J connectivity index is 1.97. The molecule has 3 heteroatoms. The van der Waals surface area contributed by atoms with Crippen LogP contribution in [0.25, 0.3) is 0 Å². The minimum absolute atomic E-state index is 0.199. The molecule has 2 rings (SSSR count). The van der Waals surface area contributed by atoms with E-state index < -0.39 is 0 Å². The first-order valence-corrected chi connectivity index (χ1v) is 5.93. The van der Waals surface area contributed by atoms with Crippen molar-refractivity contribution >= 4 is 0 Å². The quantitative estimate of drug-likeness (QED) is 0.854. The van der Waals surface area contributed by atoms with Gasteiger partial charge in [-0.2, -0.15) is 5.10 Å². The Morgan fingerprint density at radius 3 is 2.65 bits per heavy atom. The average molecular weight is 230 g/mol. The summed E-state index contributed by atoms with van der Waals surface area (Å²) in [4.78, 5) is 0. The van der Waals surface area contributed by atoms with Crippen molar-refractivity contribution in [3.8, 4) is 0 Å². The molecule has 2 aromatic rings. The zero-order valence-corrected chi connectivity index (χ0v) is 10.1. The molecule has 1 aromatic carbocycles. The van der Waals surface area contributed by atoms with E-state index in [1.807, 2.05) is 42.3 Å². The molecule has 1 atom stereocenters. The van der Waals surface area contributed by atoms with Gasteiger partial charge in [-0.05, 0) is 24.0 Å². The normalized spacial score (nSPS) is 12.6. The van der Waals surface area contributed by atoms with E-state index in [1.165, 1.54) is 11.1 Å². The van der Waals surface area contributed by atoms with Gasteiger partial charge in [0.15, 0.2) is 0 Å². The van der Waals surface area contributed by atoms with E-state index in [9.17, 15) is 5.11 Å². The number of rotatable bonds is 5. The predicted octanol–water partition coefficient (Wildman–Crippen LogP) is 2.13. The van der Waals surface area contributed by atoms with Crippen LogP contribution >= 0.6 is 0 Å². The number of aliphatic hydroxyl groups is 1. The van der Waals surface area contributed by atoms with Crippen molar-refractivity contribution in [2.75, 3.05) is 6.61 Å². The molecule has 0 saturated heterocycles. The highest BCUT2D eigenvalue weighted by molar-refractivity contribution is 5.20. The van der Waals surface area contributed by atoms with Crippen molar-refractivity contribution in [1.29, 1.82) is 0 Å². The smallest absolute Gasteiger partial charge is 0.0521 e. The maximum Gasteiger partial charge on any atom is 0.0521 e. The summed E-state index contributed by atoms with van der Waals surface area (Å²) in [5, 5.41) is 13.6. The van der Waals surface area contributed by atoms with Crippen LogP contribution in [-0.2, 0) is 13.5 Å². The van der Waals surface area contributed by atoms with Gasteiger partial charge in [-0.15, -0.1) is 0 Å². The Kier molecular flexibility index (Phi) is 3.94. The van der Waals surface area contributed by atoms with Crippen LogP contribution in [0.2, 0.25) is 0 Å². The Bertz CT molecular complexity index is 450. The van der Waals surface area contributed by atoms with Gasteiger partial charge in [0.25, 0.3) is 0 Å². The Labute approximate surface area is 102 Å². The third-order valence-corrected chi connectivity index (χ3v) is 3.03. The van der Waals surface area contributed by atoms with Crippen molar-refractivity contribution in [3.05, 3.63) is 53.9 Å². The van der Waals surface area contributed by atoms with Crippen molar-refractivity contribution in [2.45, 2.75) is 18.8 Å². The van der Waals surface area contributed by atoms with Gasteiger partial charge in [0.05, 0.1) is 6.20 Å². The molecule has 1 N–H and O–H groups in total. The lowest BCUT2D eigenvalue weighted by atomic mass is 9.94. The first-order chi connectivity index (χ1) is 8.29. The Morgan fingerprint density at radius 2 is 2.06 bits per heavy atom. The fourth-order valence-electron chi connectivity index (χ4n) is 2.03. The fourth-order valence-corrected chi connectivity index (χ4v) is 2.03. The number of benzene rings is 1. The highest BCUT2D eigenvalue weighted by Crippen LogP contribution is 2.20. The van der Waals surface area contributed by atoms with Crippen LogP contribution in [0.3, 0.4) is 0 Å². The second-order valence-corrected chi connectivity index (χ2v) is 4.35. The second-order valence-electron chi connectivity index (χ2n) is 4.35. The molecule has 0 aliphatic rings. The summed E-state index contributed by atoms with van der Waals surface area (Å²) in [5.41, 5.74) is 2.43. The molecule has 0 radical (unpaired) electrons. The average Bonchev–Trinajstić information content (AvgIpc) is 2.77. The minimum Gasteiger partial charge on any atom is -0.396 e. The summed E-state index contributed by atoms with van der Waals surface area (Å²) >= 11 is 0. The lowest BCUT2D eigenvalue weighted by Crippen LogP contribution is -2.05. The monoisotopic (exact) mass is 230 g/mol. The van der Waals surface area contributed by atoms with Gasteiger partial charge in [-0.25, -0.2) is 0 Å². The van der Waals surface area contributed by atoms with Crippen LogP contribution in [0.5, 0.6) is 0 Å². The van der Waals surface area contributed by atoms with Gasteiger partial charge in [0, 0.05) is 25.8 Å². The summed E-state index contributed by atoms with van der Waals surface area (Å²) in [6.45, 7) is 0.199. The standard InChI is InChI=1S/C14H18N2O/c1-16-10-12(9-15-16)7-8-14(11-17)13-5-3-2-4-6-13/h2-6,9-10,14,17H,7-8,11H2,1H3. The molecule has 0 bridgehead atoms. The number of aromatic nitrogens is 2. The van der Waals surface area contributed by atoms with Crippen LogP contribution in [0.1, 0.15) is 23.5 Å². The van der Waals surface area contributed by atoms with Crippen molar-refractivity contribution in [2.24, 2.45) is 7.05 Å². The van der Waals surface area contributed by atoms with Gasteiger partial charge in [-0.3, -0.25) is 4.68 Å². The Hall–Kier alpha value is -1.61. The number of hydrogen-bond donors (Lipinski definition) is 1. The molecule has 1 heterocycles. The SMILES string of the molecule is Cn1cc(CCC(CO)c2ccccc2)cn1. The lowest BCUT2D eigenvalue weighted by Gasteiger charge is -2.13. The van der Waals surface area contributed by atoms with Crippen LogP contribution in [-0.4, -0.2) is 21.5 Å². The molecule has 3 nitrogen and oxygen atoms in total. The molecule has 0 spiro atoms. The Morgan fingerprint density at radius 1 is 1.29 bits per heavy atom. The molecule has 17 heavy (non-hydrogen) atoms. The maximum atomic E-state index is 9.44. The summed E-state index contributed by atoms with van der Waals surface area (Å²) in [6.07, 6.45) is 5.82. The number of hydrogen-bond acceptors (Lipinski definition) is 2. The molecule has 0 aliphatic heterocycles. The van der Waals surface area contributed by atoms with Gasteiger partial charge in [0.2, 0.25) is 0 Å². The fraction of sp³-hybridized carbons (Fsp3) is 0.357. The third kappa shape index (κ3) is 3.17. The molecular weight excluding hydrogens is 212 g/mol. The second kappa shape index (κ2) is 5.64. The van der Waals surface area contributed by atoms with Crippen molar-refractivity contribution in [1.82, 2.24) is 9.78 Å². The van der Waals surface area contributed by atoms with E-state index in [0.717, 1.165) is 12.8 Å². The molecule has 1 aromatic heterocycles. The first kappa shape index (κ1) is 11.9. The largest absolute Gasteiger partial charge is 0.396 e. The number of nitrogens with zero attached hydrogens (tertiary/aromatic N) is 2. The summed E-state index contributed by atoms with van der Waals surface area (Å²) in [5.74, 6) is 0.219. The van der Waals surface area contributed by atoms with Gasteiger partial charge in [-0.1, -0.05) is 30.3 Å². The van der Waals surface area contributed by atoms with Crippen molar-refractivity contribution in [3.63, 3.8) is 0 Å².